The van der Waals surface area contributed by atoms with Crippen molar-refractivity contribution in [2.45, 2.75) is 12.1 Å². The van der Waals surface area contributed by atoms with Gasteiger partial charge in [0.25, 0.3) is 0 Å². The molecule has 2 rings (SSSR count). The number of hydrogen-bond acceptors (Lipinski definition) is 5. The number of carboxylic acids is 2. The Bertz CT molecular complexity index is 644. The Balaban J connectivity index is 0.000000359. The Labute approximate surface area is 147 Å². The molecule has 7 nitrogen and oxygen atoms in total. The van der Waals surface area contributed by atoms with Crippen LogP contribution in [0.2, 0.25) is 0 Å². The summed E-state index contributed by atoms with van der Waals surface area (Å²) in [6.07, 6.45) is -3.15. The van der Waals surface area contributed by atoms with Gasteiger partial charge in [0.2, 0.25) is 0 Å². The summed E-state index contributed by atoms with van der Waals surface area (Å²) in [4.78, 5) is 23.1. The first-order chi connectivity index (χ1) is 12.2. The monoisotopic (exact) mass is 373 g/mol. The molecule has 142 valence electrons. The Kier molecular flexibility index (Phi) is 8.13. The number of guanidine groups is 1. The summed E-state index contributed by atoms with van der Waals surface area (Å²) >= 11 is 0. The lowest BCUT2D eigenvalue weighted by Gasteiger charge is -2.21. The Morgan fingerprint density at radius 3 is 2.19 bits per heavy atom. The van der Waals surface area contributed by atoms with Gasteiger partial charge in [-0.05, 0) is 5.56 Å². The minimum absolute atomic E-state index is 0.209. The minimum Gasteiger partial charge on any atom is -0.478 e. The molecule has 0 saturated heterocycles. The summed E-state index contributed by atoms with van der Waals surface area (Å²) in [6.45, 7) is 1.06. The number of halogens is 3. The molecule has 0 aliphatic carbocycles. The van der Waals surface area contributed by atoms with Crippen LogP contribution in [0.5, 0.6) is 0 Å². The quantitative estimate of drug-likeness (QED) is 0.584. The Morgan fingerprint density at radius 2 is 1.77 bits per heavy atom. The first-order valence-electron chi connectivity index (χ1n) is 7.48. The van der Waals surface area contributed by atoms with Crippen molar-refractivity contribution in [2.24, 2.45) is 4.99 Å². The molecular formula is C16H18F3N3O4. The van der Waals surface area contributed by atoms with Crippen LogP contribution in [0.3, 0.4) is 0 Å². The highest BCUT2D eigenvalue weighted by Crippen LogP contribution is 2.34. The van der Waals surface area contributed by atoms with Gasteiger partial charge in [-0.3, -0.25) is 4.99 Å². The van der Waals surface area contributed by atoms with E-state index in [0.29, 0.717) is 31.2 Å². The highest BCUT2D eigenvalue weighted by Gasteiger charge is 2.40. The molecule has 1 aliphatic rings. The second-order valence-corrected chi connectivity index (χ2v) is 5.05. The summed E-state index contributed by atoms with van der Waals surface area (Å²) in [6, 6.07) is 7.90. The van der Waals surface area contributed by atoms with Crippen LogP contribution >= 0.6 is 0 Å². The lowest BCUT2D eigenvalue weighted by molar-refractivity contribution is -0.148. The van der Waals surface area contributed by atoms with Crippen molar-refractivity contribution >= 4 is 17.9 Å². The van der Waals surface area contributed by atoms with Gasteiger partial charge in [-0.25, -0.2) is 9.59 Å². The van der Waals surface area contributed by atoms with E-state index in [4.69, 9.17) is 10.2 Å². The lowest BCUT2D eigenvalue weighted by atomic mass is 9.98. The van der Waals surface area contributed by atoms with E-state index in [1.54, 1.807) is 18.2 Å². The van der Waals surface area contributed by atoms with Gasteiger partial charge in [0.15, 0.2) is 5.96 Å². The molecule has 0 radical (unpaired) electrons. The van der Waals surface area contributed by atoms with E-state index < -0.39 is 24.0 Å². The predicted octanol–water partition coefficient (Wildman–Crippen LogP) is 1.59. The molecule has 0 saturated carbocycles. The van der Waals surface area contributed by atoms with Crippen LogP contribution in [0.1, 0.15) is 11.5 Å². The third kappa shape index (κ3) is 8.18. The highest BCUT2D eigenvalue weighted by atomic mass is 19.4. The lowest BCUT2D eigenvalue weighted by Crippen LogP contribution is -2.39. The van der Waals surface area contributed by atoms with Gasteiger partial charge < -0.3 is 20.8 Å². The fraction of sp³-hybridized carbons (Fsp3) is 0.312. The average molecular weight is 373 g/mol. The summed E-state index contributed by atoms with van der Waals surface area (Å²) in [5, 5.41) is 21.2. The van der Waals surface area contributed by atoms with Crippen molar-refractivity contribution < 1.29 is 33.0 Å². The maximum atomic E-state index is 13.0. The molecule has 0 amide bonds. The molecular weight excluding hydrogens is 355 g/mol. The normalized spacial score (nSPS) is 14.7. The summed E-state index contributed by atoms with van der Waals surface area (Å²) in [5.74, 6) is -3.59. The number of aliphatic carboxylic acids is 2. The van der Waals surface area contributed by atoms with Crippen molar-refractivity contribution in [3.63, 3.8) is 0 Å². The van der Waals surface area contributed by atoms with Crippen LogP contribution < -0.4 is 10.6 Å². The van der Waals surface area contributed by atoms with Crippen molar-refractivity contribution in [1.82, 2.24) is 10.6 Å². The molecule has 10 heteroatoms. The molecule has 0 aromatic heterocycles. The standard InChI is InChI=1S/C12H14F3N3.C4H4O4/c13-12(14,15)10(9-4-2-1-3-5-9)8-18-11-16-6-7-17-11;5-3(6)1-2-4(7)8/h1-5,10H,6-8H2,(H2,16,17,18);1-2H,(H,5,6)(H,7,8)/b;2-1+. The first-order valence-corrected chi connectivity index (χ1v) is 7.48. The minimum atomic E-state index is -4.27. The van der Waals surface area contributed by atoms with Crippen molar-refractivity contribution in [3.8, 4) is 0 Å². The number of hydrogen-bond donors (Lipinski definition) is 4. The molecule has 1 atom stereocenters. The number of benzene rings is 1. The fourth-order valence-electron chi connectivity index (χ4n) is 1.97. The van der Waals surface area contributed by atoms with Gasteiger partial charge in [-0.1, -0.05) is 30.3 Å². The van der Waals surface area contributed by atoms with E-state index in [1.165, 1.54) is 12.1 Å². The second-order valence-electron chi connectivity index (χ2n) is 5.05. The van der Waals surface area contributed by atoms with Crippen LogP contribution in [-0.2, 0) is 9.59 Å². The fourth-order valence-corrected chi connectivity index (χ4v) is 1.97. The van der Waals surface area contributed by atoms with Crippen LogP contribution in [0.15, 0.2) is 47.5 Å². The number of rotatable bonds is 5. The summed E-state index contributed by atoms with van der Waals surface area (Å²) < 4.78 is 38.9. The molecule has 0 bridgehead atoms. The molecule has 0 spiro atoms. The molecule has 1 aromatic carbocycles. The van der Waals surface area contributed by atoms with Crippen LogP contribution in [-0.4, -0.2) is 53.9 Å². The smallest absolute Gasteiger partial charge is 0.397 e. The maximum absolute atomic E-state index is 13.0. The zero-order chi connectivity index (χ0) is 19.6. The maximum Gasteiger partial charge on any atom is 0.397 e. The van der Waals surface area contributed by atoms with Gasteiger partial charge >= 0.3 is 18.1 Å². The van der Waals surface area contributed by atoms with Gasteiger partial charge in [0.1, 0.15) is 0 Å². The molecule has 1 unspecified atom stereocenters. The molecule has 1 aromatic rings. The van der Waals surface area contributed by atoms with E-state index in [9.17, 15) is 22.8 Å². The first kappa shape index (κ1) is 21.0. The number of nitrogens with zero attached hydrogens (tertiary/aromatic N) is 1. The number of nitrogens with one attached hydrogen (secondary N) is 2. The van der Waals surface area contributed by atoms with Gasteiger partial charge in [0.05, 0.1) is 12.5 Å². The van der Waals surface area contributed by atoms with Gasteiger partial charge in [-0.15, -0.1) is 0 Å². The van der Waals surface area contributed by atoms with Crippen molar-refractivity contribution in [3.05, 3.63) is 48.0 Å². The summed E-state index contributed by atoms with van der Waals surface area (Å²) in [7, 11) is 0. The predicted molar refractivity (Wildman–Crippen MR) is 88.0 cm³/mol. The highest BCUT2D eigenvalue weighted by molar-refractivity contribution is 5.89. The molecule has 1 heterocycles. The molecule has 1 aliphatic heterocycles. The van der Waals surface area contributed by atoms with Crippen LogP contribution in [0.25, 0.3) is 0 Å². The number of carbonyl (C=O) groups is 2. The van der Waals surface area contributed by atoms with Gasteiger partial charge in [-0.2, -0.15) is 13.2 Å². The molecule has 4 N–H and O–H groups in total. The average Bonchev–Trinajstić information content (AvgIpc) is 3.07. The SMILES string of the molecule is FC(F)(F)C(CNC1=NCCN1)c1ccccc1.O=C(O)/C=C/C(=O)O. The molecule has 0 fully saturated rings. The Morgan fingerprint density at radius 1 is 1.19 bits per heavy atom. The zero-order valence-electron chi connectivity index (χ0n) is 13.5. The van der Waals surface area contributed by atoms with Crippen LogP contribution in [0.4, 0.5) is 13.2 Å². The topological polar surface area (TPSA) is 111 Å². The van der Waals surface area contributed by atoms with E-state index in [-0.39, 0.29) is 12.1 Å². The largest absolute Gasteiger partial charge is 0.478 e. The number of alkyl halides is 3. The van der Waals surface area contributed by atoms with E-state index in [0.717, 1.165) is 0 Å². The van der Waals surface area contributed by atoms with Gasteiger partial charge in [0, 0.05) is 25.2 Å². The number of carboxylic acid groups (broad SMARTS) is 2. The third-order valence-corrected chi connectivity index (χ3v) is 3.11. The Hall–Kier alpha value is -3.04. The second kappa shape index (κ2) is 10.1. The van der Waals surface area contributed by atoms with Crippen molar-refractivity contribution in [1.29, 1.82) is 0 Å². The van der Waals surface area contributed by atoms with E-state index in [1.807, 2.05) is 0 Å². The molecule has 26 heavy (non-hydrogen) atoms. The number of aliphatic imine (C=N–C) groups is 1. The zero-order valence-corrected chi connectivity index (χ0v) is 13.5. The van der Waals surface area contributed by atoms with E-state index >= 15 is 0 Å². The third-order valence-electron chi connectivity index (χ3n) is 3.11. The summed E-state index contributed by atoms with van der Waals surface area (Å²) in [5.41, 5.74) is 0.260. The van der Waals surface area contributed by atoms with E-state index in [2.05, 4.69) is 15.6 Å². The van der Waals surface area contributed by atoms with Crippen molar-refractivity contribution in [2.75, 3.05) is 19.6 Å². The van der Waals surface area contributed by atoms with Crippen LogP contribution in [0, 0.1) is 0 Å².